The number of aromatic nitrogens is 3. The Hall–Kier alpha value is -0.900. The molecule has 0 bridgehead atoms. The number of nitrogens with one attached hydrogen (secondary N) is 1. The molecule has 0 saturated carbocycles. The van der Waals surface area contributed by atoms with Gasteiger partial charge in [0.25, 0.3) is 0 Å². The van der Waals surface area contributed by atoms with E-state index in [0.717, 1.165) is 12.1 Å². The first-order valence-electron chi connectivity index (χ1n) is 4.96. The van der Waals surface area contributed by atoms with Crippen molar-refractivity contribution in [2.24, 2.45) is 12.5 Å². The van der Waals surface area contributed by atoms with Crippen molar-refractivity contribution >= 4 is 0 Å². The first-order valence-corrected chi connectivity index (χ1v) is 4.96. The molecule has 4 heteroatoms. The lowest BCUT2D eigenvalue weighted by atomic mass is 9.87. The van der Waals surface area contributed by atoms with Gasteiger partial charge < -0.3 is 5.32 Å². The van der Waals surface area contributed by atoms with Crippen LogP contribution in [0.4, 0.5) is 0 Å². The fraction of sp³-hybridized carbons (Fsp3) is 0.800. The maximum absolute atomic E-state index is 3.94. The molecule has 0 aliphatic carbocycles. The van der Waals surface area contributed by atoms with Gasteiger partial charge in [-0.2, -0.15) is 0 Å². The Balaban J connectivity index is 2.78. The lowest BCUT2D eigenvalue weighted by Gasteiger charge is -2.25. The SMILES string of the molecule is CNC(CC(C)(C)C)c1cnnn1C. The second-order valence-electron chi connectivity index (χ2n) is 4.89. The molecular weight excluding hydrogens is 176 g/mol. The summed E-state index contributed by atoms with van der Waals surface area (Å²) in [7, 11) is 3.90. The average molecular weight is 196 g/mol. The molecule has 1 aromatic heterocycles. The van der Waals surface area contributed by atoms with Crippen LogP contribution in [-0.2, 0) is 7.05 Å². The number of rotatable bonds is 3. The number of aryl methyl sites for hydroxylation is 1. The summed E-state index contributed by atoms with van der Waals surface area (Å²) in [5.41, 5.74) is 1.44. The van der Waals surface area contributed by atoms with E-state index < -0.39 is 0 Å². The fourth-order valence-electron chi connectivity index (χ4n) is 1.58. The van der Waals surface area contributed by atoms with E-state index >= 15 is 0 Å². The Morgan fingerprint density at radius 1 is 1.50 bits per heavy atom. The first-order chi connectivity index (χ1) is 6.44. The molecule has 0 amide bonds. The van der Waals surface area contributed by atoms with Crippen molar-refractivity contribution in [3.8, 4) is 0 Å². The van der Waals surface area contributed by atoms with E-state index in [1.54, 1.807) is 0 Å². The van der Waals surface area contributed by atoms with Crippen LogP contribution in [0.1, 0.15) is 38.9 Å². The van der Waals surface area contributed by atoms with Crippen molar-refractivity contribution in [3.63, 3.8) is 0 Å². The van der Waals surface area contributed by atoms with E-state index in [1.165, 1.54) is 0 Å². The Bertz CT molecular complexity index is 285. The zero-order chi connectivity index (χ0) is 10.8. The van der Waals surface area contributed by atoms with Crippen molar-refractivity contribution in [1.29, 1.82) is 0 Å². The molecule has 14 heavy (non-hydrogen) atoms. The molecule has 1 heterocycles. The Kier molecular flexibility index (Phi) is 3.26. The van der Waals surface area contributed by atoms with Crippen molar-refractivity contribution < 1.29 is 0 Å². The van der Waals surface area contributed by atoms with E-state index in [-0.39, 0.29) is 0 Å². The molecular formula is C10H20N4. The van der Waals surface area contributed by atoms with Crippen LogP contribution in [0.5, 0.6) is 0 Å². The quantitative estimate of drug-likeness (QED) is 0.797. The van der Waals surface area contributed by atoms with Gasteiger partial charge in [0.05, 0.1) is 17.9 Å². The van der Waals surface area contributed by atoms with Gasteiger partial charge in [-0.3, -0.25) is 4.68 Å². The molecule has 1 rings (SSSR count). The minimum Gasteiger partial charge on any atom is -0.312 e. The molecule has 1 aromatic rings. The third-order valence-electron chi connectivity index (χ3n) is 2.27. The van der Waals surface area contributed by atoms with Gasteiger partial charge in [0, 0.05) is 7.05 Å². The highest BCUT2D eigenvalue weighted by Crippen LogP contribution is 2.28. The van der Waals surface area contributed by atoms with E-state index in [9.17, 15) is 0 Å². The van der Waals surface area contributed by atoms with Crippen LogP contribution in [0.25, 0.3) is 0 Å². The molecule has 0 fully saturated rings. The molecule has 1 atom stereocenters. The van der Waals surface area contributed by atoms with Crippen LogP contribution in [0.15, 0.2) is 6.20 Å². The van der Waals surface area contributed by atoms with Crippen molar-refractivity contribution in [2.45, 2.75) is 33.2 Å². The highest BCUT2D eigenvalue weighted by molar-refractivity contribution is 5.02. The fourth-order valence-corrected chi connectivity index (χ4v) is 1.58. The summed E-state index contributed by atoms with van der Waals surface area (Å²) in [4.78, 5) is 0. The van der Waals surface area contributed by atoms with E-state index in [2.05, 4.69) is 36.4 Å². The van der Waals surface area contributed by atoms with Gasteiger partial charge in [-0.05, 0) is 18.9 Å². The molecule has 4 nitrogen and oxygen atoms in total. The van der Waals surface area contributed by atoms with Crippen LogP contribution in [-0.4, -0.2) is 22.0 Å². The summed E-state index contributed by atoms with van der Waals surface area (Å²) in [6.45, 7) is 6.71. The molecule has 0 radical (unpaired) electrons. The van der Waals surface area contributed by atoms with Gasteiger partial charge in [0.15, 0.2) is 0 Å². The molecule has 0 aromatic carbocycles. The highest BCUT2D eigenvalue weighted by Gasteiger charge is 2.21. The number of hydrogen-bond donors (Lipinski definition) is 1. The van der Waals surface area contributed by atoms with Gasteiger partial charge in [-0.25, -0.2) is 0 Å². The predicted molar refractivity (Wildman–Crippen MR) is 56.9 cm³/mol. The zero-order valence-corrected chi connectivity index (χ0v) is 9.70. The van der Waals surface area contributed by atoms with E-state index in [0.29, 0.717) is 11.5 Å². The van der Waals surface area contributed by atoms with E-state index in [1.807, 2.05) is 25.0 Å². The Morgan fingerprint density at radius 2 is 2.14 bits per heavy atom. The van der Waals surface area contributed by atoms with Gasteiger partial charge in [0.1, 0.15) is 0 Å². The molecule has 1 N–H and O–H groups in total. The summed E-state index contributed by atoms with van der Waals surface area (Å²) in [6, 6.07) is 0.329. The van der Waals surface area contributed by atoms with E-state index in [4.69, 9.17) is 0 Å². The molecule has 0 saturated heterocycles. The standard InChI is InChI=1S/C10H20N4/c1-10(2,3)6-8(11-4)9-7-12-13-14(9)5/h7-8,11H,6H2,1-5H3. The normalized spacial score (nSPS) is 14.4. The first kappa shape index (κ1) is 11.2. The van der Waals surface area contributed by atoms with Gasteiger partial charge in [-0.1, -0.05) is 26.0 Å². The largest absolute Gasteiger partial charge is 0.312 e. The smallest absolute Gasteiger partial charge is 0.0753 e. The lowest BCUT2D eigenvalue weighted by Crippen LogP contribution is -2.24. The third kappa shape index (κ3) is 2.80. The van der Waals surface area contributed by atoms with Crippen LogP contribution < -0.4 is 5.32 Å². The van der Waals surface area contributed by atoms with Gasteiger partial charge in [0.2, 0.25) is 0 Å². The zero-order valence-electron chi connectivity index (χ0n) is 9.70. The lowest BCUT2D eigenvalue weighted by molar-refractivity contribution is 0.313. The van der Waals surface area contributed by atoms with Crippen molar-refractivity contribution in [1.82, 2.24) is 20.3 Å². The van der Waals surface area contributed by atoms with Crippen LogP contribution >= 0.6 is 0 Å². The molecule has 0 aliphatic heterocycles. The topological polar surface area (TPSA) is 42.7 Å². The average Bonchev–Trinajstić information content (AvgIpc) is 2.45. The van der Waals surface area contributed by atoms with Gasteiger partial charge in [-0.15, -0.1) is 5.10 Å². The maximum atomic E-state index is 3.94. The second-order valence-corrected chi connectivity index (χ2v) is 4.89. The second kappa shape index (κ2) is 4.09. The summed E-state index contributed by atoms with van der Waals surface area (Å²) in [5, 5.41) is 11.1. The number of hydrogen-bond acceptors (Lipinski definition) is 3. The van der Waals surface area contributed by atoms with Gasteiger partial charge >= 0.3 is 0 Å². The minimum atomic E-state index is 0.304. The summed E-state index contributed by atoms with van der Waals surface area (Å²) in [6.07, 6.45) is 2.90. The summed E-state index contributed by atoms with van der Waals surface area (Å²) in [5.74, 6) is 0. The van der Waals surface area contributed by atoms with Crippen LogP contribution in [0.2, 0.25) is 0 Å². The predicted octanol–water partition coefficient (Wildman–Crippen LogP) is 1.51. The molecule has 1 unspecified atom stereocenters. The van der Waals surface area contributed by atoms with Crippen molar-refractivity contribution in [2.75, 3.05) is 7.05 Å². The van der Waals surface area contributed by atoms with Crippen LogP contribution in [0.3, 0.4) is 0 Å². The third-order valence-corrected chi connectivity index (χ3v) is 2.27. The molecule has 0 spiro atoms. The van der Waals surface area contributed by atoms with Crippen LogP contribution in [0, 0.1) is 5.41 Å². The number of nitrogens with zero attached hydrogens (tertiary/aromatic N) is 3. The molecule has 80 valence electrons. The Morgan fingerprint density at radius 3 is 2.50 bits per heavy atom. The maximum Gasteiger partial charge on any atom is 0.0753 e. The van der Waals surface area contributed by atoms with Crippen molar-refractivity contribution in [3.05, 3.63) is 11.9 Å². The monoisotopic (exact) mass is 196 g/mol. The summed E-state index contributed by atoms with van der Waals surface area (Å²) < 4.78 is 1.83. The Labute approximate surface area is 85.7 Å². The minimum absolute atomic E-state index is 0.304. The summed E-state index contributed by atoms with van der Waals surface area (Å²) >= 11 is 0. The molecule has 0 aliphatic rings. The highest BCUT2D eigenvalue weighted by atomic mass is 15.4.